The molecule has 1 aromatic heterocycles. The van der Waals surface area contributed by atoms with Crippen molar-refractivity contribution in [2.75, 3.05) is 7.05 Å². The molecule has 1 unspecified atom stereocenters. The number of hydrogen-bond donors (Lipinski definition) is 4. The smallest absolute Gasteiger partial charge is 0.247 e. The Morgan fingerprint density at radius 1 is 1.57 bits per heavy atom. The average molecular weight is 285 g/mol. The van der Waals surface area contributed by atoms with Crippen LogP contribution >= 0.6 is 0 Å². The summed E-state index contributed by atoms with van der Waals surface area (Å²) in [7, 11) is 1.87. The maximum absolute atomic E-state index is 11.0. The summed E-state index contributed by atoms with van der Waals surface area (Å²) in [5.41, 5.74) is 8.76. The van der Waals surface area contributed by atoms with Gasteiger partial charge >= 0.3 is 0 Å². The number of nitrogens with one attached hydrogen (secondary N) is 3. The summed E-state index contributed by atoms with van der Waals surface area (Å²) < 4.78 is 0. The predicted octanol–water partition coefficient (Wildman–Crippen LogP) is 0.377. The van der Waals surface area contributed by atoms with Gasteiger partial charge in [-0.3, -0.25) is 9.79 Å². The minimum absolute atomic E-state index is 0.0286. The monoisotopic (exact) mass is 285 g/mol. The van der Waals surface area contributed by atoms with Crippen LogP contribution in [-0.2, 0) is 6.54 Å². The number of dihydropyridines is 1. The van der Waals surface area contributed by atoms with E-state index in [1.807, 2.05) is 19.3 Å². The number of aromatic nitrogens is 1. The number of hydrogen-bond acceptors (Lipinski definition) is 5. The van der Waals surface area contributed by atoms with Crippen molar-refractivity contribution in [3.05, 3.63) is 70.1 Å². The van der Waals surface area contributed by atoms with Crippen LogP contribution in [0.1, 0.15) is 5.56 Å². The molecule has 0 saturated carbocycles. The molecule has 2 heterocycles. The maximum Gasteiger partial charge on any atom is 0.247 e. The Labute approximate surface area is 123 Å². The van der Waals surface area contributed by atoms with Crippen LogP contribution in [-0.4, -0.2) is 24.3 Å². The van der Waals surface area contributed by atoms with E-state index >= 15 is 0 Å². The van der Waals surface area contributed by atoms with Crippen LogP contribution in [0.15, 0.2) is 63.9 Å². The summed E-state index contributed by atoms with van der Waals surface area (Å²) in [6.45, 7) is 4.25. The Morgan fingerprint density at radius 2 is 2.38 bits per heavy atom. The first-order valence-electron chi connectivity index (χ1n) is 6.58. The summed E-state index contributed by atoms with van der Waals surface area (Å²) in [6, 6.07) is 3.27. The molecule has 110 valence electrons. The molecule has 0 amide bonds. The van der Waals surface area contributed by atoms with E-state index in [0.717, 1.165) is 16.8 Å². The van der Waals surface area contributed by atoms with Crippen molar-refractivity contribution in [1.29, 1.82) is 0 Å². The van der Waals surface area contributed by atoms with Crippen LogP contribution in [0.25, 0.3) is 0 Å². The van der Waals surface area contributed by atoms with Gasteiger partial charge in [-0.1, -0.05) is 12.6 Å². The molecule has 0 aliphatic carbocycles. The van der Waals surface area contributed by atoms with E-state index in [4.69, 9.17) is 5.73 Å². The Morgan fingerprint density at radius 3 is 3.00 bits per heavy atom. The van der Waals surface area contributed by atoms with Gasteiger partial charge in [0.15, 0.2) is 0 Å². The highest BCUT2D eigenvalue weighted by Crippen LogP contribution is 2.15. The fraction of sp³-hybridized carbons (Fsp3) is 0.200. The lowest BCUT2D eigenvalue weighted by molar-refractivity contribution is 0.741. The van der Waals surface area contributed by atoms with Crippen molar-refractivity contribution in [2.24, 2.45) is 10.7 Å². The second-order valence-corrected chi connectivity index (χ2v) is 4.66. The lowest BCUT2D eigenvalue weighted by atomic mass is 10.0. The molecular weight excluding hydrogens is 266 g/mol. The number of aromatic amines is 1. The van der Waals surface area contributed by atoms with Crippen molar-refractivity contribution < 1.29 is 0 Å². The molecule has 5 N–H and O–H groups in total. The summed E-state index contributed by atoms with van der Waals surface area (Å²) >= 11 is 0. The van der Waals surface area contributed by atoms with E-state index in [9.17, 15) is 4.79 Å². The lowest BCUT2D eigenvalue weighted by Gasteiger charge is -2.22. The molecule has 1 aliphatic heterocycles. The molecule has 6 heteroatoms. The van der Waals surface area contributed by atoms with Gasteiger partial charge in [0.25, 0.3) is 0 Å². The molecule has 0 spiro atoms. The number of nitrogens with zero attached hydrogens (tertiary/aromatic N) is 1. The molecular formula is C15H19N5O. The quantitative estimate of drug-likeness (QED) is 0.588. The van der Waals surface area contributed by atoms with Crippen molar-refractivity contribution in [3.8, 4) is 0 Å². The maximum atomic E-state index is 11.0. The molecule has 1 aromatic rings. The third kappa shape index (κ3) is 3.70. The zero-order valence-corrected chi connectivity index (χ0v) is 11.9. The second kappa shape index (κ2) is 6.71. The van der Waals surface area contributed by atoms with Crippen LogP contribution in [0.3, 0.4) is 0 Å². The highest BCUT2D eigenvalue weighted by atomic mass is 16.1. The zero-order valence-electron chi connectivity index (χ0n) is 11.9. The molecule has 0 fully saturated rings. The van der Waals surface area contributed by atoms with Gasteiger partial charge in [-0.15, -0.1) is 0 Å². The summed E-state index contributed by atoms with van der Waals surface area (Å²) in [5, 5.41) is 6.26. The Kier molecular flexibility index (Phi) is 4.73. The van der Waals surface area contributed by atoms with E-state index in [2.05, 4.69) is 27.2 Å². The normalized spacial score (nSPS) is 18.0. The molecule has 21 heavy (non-hydrogen) atoms. The van der Waals surface area contributed by atoms with Gasteiger partial charge in [-0.05, 0) is 24.9 Å². The topological polar surface area (TPSA) is 95.3 Å². The van der Waals surface area contributed by atoms with E-state index in [0.29, 0.717) is 12.2 Å². The van der Waals surface area contributed by atoms with Gasteiger partial charge in [-0.25, -0.2) is 0 Å². The molecule has 0 aromatic carbocycles. The van der Waals surface area contributed by atoms with Crippen LogP contribution in [0.4, 0.5) is 0 Å². The molecule has 1 atom stereocenters. The lowest BCUT2D eigenvalue weighted by Crippen LogP contribution is -2.33. The van der Waals surface area contributed by atoms with Gasteiger partial charge in [0.1, 0.15) is 0 Å². The van der Waals surface area contributed by atoms with E-state index in [1.165, 1.54) is 6.07 Å². The minimum Gasteiger partial charge on any atom is -0.398 e. The first-order valence-corrected chi connectivity index (χ1v) is 6.58. The molecule has 6 nitrogen and oxygen atoms in total. The fourth-order valence-corrected chi connectivity index (χ4v) is 2.04. The number of nitrogens with two attached hydrogens (primary N) is 1. The molecule has 0 radical (unpaired) electrons. The zero-order chi connectivity index (χ0) is 15.2. The van der Waals surface area contributed by atoms with E-state index < -0.39 is 0 Å². The Balaban J connectivity index is 2.17. The van der Waals surface area contributed by atoms with E-state index in [1.54, 1.807) is 18.5 Å². The van der Waals surface area contributed by atoms with Crippen LogP contribution in [0.5, 0.6) is 0 Å². The van der Waals surface area contributed by atoms with Gasteiger partial charge < -0.3 is 21.4 Å². The molecule has 2 rings (SSSR count). The summed E-state index contributed by atoms with van der Waals surface area (Å²) in [6.07, 6.45) is 7.24. The molecule has 1 aliphatic rings. The third-order valence-corrected chi connectivity index (χ3v) is 3.13. The predicted molar refractivity (Wildman–Crippen MR) is 84.7 cm³/mol. The standard InChI is InChI=1S/C15H19N5O/c1-10(16)15-12(13(17-2)5-6-19-15)9-18-7-11-3-4-14(21)20-8-11/h3-6,8-9,13,17,19H,1,7,16H2,2H3,(H,20,21). The van der Waals surface area contributed by atoms with Gasteiger partial charge in [0.2, 0.25) is 5.56 Å². The van der Waals surface area contributed by atoms with Crippen molar-refractivity contribution in [1.82, 2.24) is 15.6 Å². The van der Waals surface area contributed by atoms with Gasteiger partial charge in [-0.2, -0.15) is 0 Å². The number of rotatable bonds is 5. The highest BCUT2D eigenvalue weighted by Gasteiger charge is 2.17. The Hall–Kier alpha value is -2.60. The molecule has 0 bridgehead atoms. The van der Waals surface area contributed by atoms with E-state index in [-0.39, 0.29) is 11.6 Å². The highest BCUT2D eigenvalue weighted by molar-refractivity contribution is 5.83. The van der Waals surface area contributed by atoms with Crippen LogP contribution < -0.4 is 21.9 Å². The number of pyridine rings is 1. The Bertz CT molecular complexity index is 648. The second-order valence-electron chi connectivity index (χ2n) is 4.66. The van der Waals surface area contributed by atoms with Crippen molar-refractivity contribution in [3.63, 3.8) is 0 Å². The first kappa shape index (κ1) is 14.8. The SMILES string of the molecule is C=C(N)C1=C(C=NCc2ccc(=O)[nH]c2)C(NC)C=CN1. The average Bonchev–Trinajstić information content (AvgIpc) is 2.49. The fourth-order valence-electron chi connectivity index (χ4n) is 2.04. The summed E-state index contributed by atoms with van der Waals surface area (Å²) in [4.78, 5) is 18.0. The number of H-pyrrole nitrogens is 1. The largest absolute Gasteiger partial charge is 0.398 e. The third-order valence-electron chi connectivity index (χ3n) is 3.13. The minimum atomic E-state index is -0.121. The number of likely N-dealkylation sites (N-methyl/N-ethyl adjacent to an activating group) is 1. The summed E-state index contributed by atoms with van der Waals surface area (Å²) in [5.74, 6) is 0. The van der Waals surface area contributed by atoms with Crippen LogP contribution in [0.2, 0.25) is 0 Å². The van der Waals surface area contributed by atoms with Gasteiger partial charge in [0.05, 0.1) is 18.3 Å². The van der Waals surface area contributed by atoms with Crippen molar-refractivity contribution in [2.45, 2.75) is 12.6 Å². The van der Waals surface area contributed by atoms with Gasteiger partial charge in [0, 0.05) is 29.7 Å². The van der Waals surface area contributed by atoms with Crippen molar-refractivity contribution >= 4 is 6.21 Å². The molecule has 0 saturated heterocycles. The van der Waals surface area contributed by atoms with Crippen LogP contribution in [0, 0.1) is 0 Å². The number of aliphatic imine (C=N–C) groups is 1. The first-order chi connectivity index (χ1) is 10.1.